The molecule has 0 amide bonds. The first kappa shape index (κ1) is 14.4. The number of carboxylic acid groups (broad SMARTS) is 1. The molecule has 0 saturated heterocycles. The van der Waals surface area contributed by atoms with Gasteiger partial charge < -0.3 is 14.8 Å². The number of aliphatic carboxylic acids is 1. The van der Waals surface area contributed by atoms with Crippen molar-refractivity contribution in [2.24, 2.45) is 5.92 Å². The van der Waals surface area contributed by atoms with E-state index in [1.54, 1.807) is 0 Å². The maximum Gasteiger partial charge on any atom is 0.325 e. The van der Waals surface area contributed by atoms with Crippen LogP contribution in [0.4, 0.5) is 0 Å². The molecule has 1 saturated carbocycles. The summed E-state index contributed by atoms with van der Waals surface area (Å²) in [5.74, 6) is 0.678. The van der Waals surface area contributed by atoms with Crippen molar-refractivity contribution in [3.05, 3.63) is 11.5 Å². The Morgan fingerprint density at radius 3 is 2.68 bits per heavy atom. The van der Waals surface area contributed by atoms with Crippen molar-refractivity contribution >= 4 is 17.7 Å². The van der Waals surface area contributed by atoms with E-state index in [9.17, 15) is 9.90 Å². The van der Waals surface area contributed by atoms with Gasteiger partial charge in [-0.15, -0.1) is 0 Å². The molecule has 0 radical (unpaired) electrons. The highest BCUT2D eigenvalue weighted by Crippen LogP contribution is 2.42. The molecule has 2 rings (SSSR count). The number of oxazole rings is 1. The molecule has 1 heterocycles. The van der Waals surface area contributed by atoms with Crippen molar-refractivity contribution in [2.75, 3.05) is 12.3 Å². The molecule has 1 unspecified atom stereocenters. The van der Waals surface area contributed by atoms with Gasteiger partial charge >= 0.3 is 5.97 Å². The van der Waals surface area contributed by atoms with Crippen molar-refractivity contribution in [3.63, 3.8) is 0 Å². The van der Waals surface area contributed by atoms with E-state index < -0.39 is 11.5 Å². The van der Waals surface area contributed by atoms with Gasteiger partial charge in [0.15, 0.2) is 0 Å². The number of carbonyl (C=O) groups is 1. The highest BCUT2D eigenvalue weighted by atomic mass is 32.2. The van der Waals surface area contributed by atoms with Crippen LogP contribution in [-0.4, -0.2) is 33.9 Å². The number of aromatic nitrogens is 1. The Bertz CT molecular complexity index is 451. The molecule has 2 N–H and O–H groups in total. The van der Waals surface area contributed by atoms with Gasteiger partial charge in [-0.05, 0) is 39.2 Å². The first-order chi connectivity index (χ1) is 8.99. The lowest BCUT2D eigenvalue weighted by molar-refractivity contribution is -0.144. The number of rotatable bonds is 7. The summed E-state index contributed by atoms with van der Waals surface area (Å²) in [6.45, 7) is 6.33. The number of hydrogen-bond acceptors (Lipinski definition) is 5. The van der Waals surface area contributed by atoms with Crippen LogP contribution in [0, 0.1) is 19.8 Å². The molecule has 5 nitrogen and oxygen atoms in total. The fourth-order valence-corrected chi connectivity index (χ4v) is 3.40. The van der Waals surface area contributed by atoms with Gasteiger partial charge in [0.05, 0.1) is 5.69 Å². The highest BCUT2D eigenvalue weighted by Gasteiger charge is 2.50. The number of carboxylic acids is 1. The average molecular weight is 284 g/mol. The van der Waals surface area contributed by atoms with Crippen molar-refractivity contribution in [1.29, 1.82) is 0 Å². The molecule has 1 aliphatic carbocycles. The van der Waals surface area contributed by atoms with Gasteiger partial charge in [0.2, 0.25) is 0 Å². The molecule has 1 aromatic heterocycles. The van der Waals surface area contributed by atoms with Crippen LogP contribution >= 0.6 is 11.8 Å². The number of nitrogens with zero attached hydrogens (tertiary/aromatic N) is 1. The Morgan fingerprint density at radius 1 is 1.58 bits per heavy atom. The van der Waals surface area contributed by atoms with Crippen molar-refractivity contribution in [3.8, 4) is 0 Å². The van der Waals surface area contributed by atoms with Crippen LogP contribution in [0.5, 0.6) is 0 Å². The van der Waals surface area contributed by atoms with Gasteiger partial charge in [0, 0.05) is 5.75 Å². The van der Waals surface area contributed by atoms with Crippen LogP contribution in [0.1, 0.15) is 31.2 Å². The van der Waals surface area contributed by atoms with E-state index in [4.69, 9.17) is 4.42 Å². The standard InChI is InChI=1S/C13H20N2O3S/c1-4-14-13(11(16)17,10-5-6-10)7-19-12-15-8(2)9(3)18-12/h10,14H,4-7H2,1-3H3,(H,16,17). The lowest BCUT2D eigenvalue weighted by Gasteiger charge is -2.29. The second kappa shape index (κ2) is 5.54. The topological polar surface area (TPSA) is 75.4 Å². The molecule has 0 spiro atoms. The van der Waals surface area contributed by atoms with E-state index in [2.05, 4.69) is 10.3 Å². The molecule has 1 fully saturated rings. The molecular weight excluding hydrogens is 264 g/mol. The number of likely N-dealkylation sites (N-methyl/N-ethyl adjacent to an activating group) is 1. The molecule has 0 aliphatic heterocycles. The van der Waals surface area contributed by atoms with Crippen LogP contribution in [0.25, 0.3) is 0 Å². The number of hydrogen-bond donors (Lipinski definition) is 2. The average Bonchev–Trinajstić information content (AvgIpc) is 3.13. The summed E-state index contributed by atoms with van der Waals surface area (Å²) in [6.07, 6.45) is 1.95. The van der Waals surface area contributed by atoms with Crippen LogP contribution in [0.15, 0.2) is 9.64 Å². The summed E-state index contributed by atoms with van der Waals surface area (Å²) in [5.41, 5.74) is 0.00804. The van der Waals surface area contributed by atoms with Gasteiger partial charge in [-0.25, -0.2) is 4.98 Å². The maximum atomic E-state index is 11.7. The first-order valence-corrected chi connectivity index (χ1v) is 7.53. The third-order valence-electron chi connectivity index (χ3n) is 3.58. The molecule has 0 aromatic carbocycles. The minimum absolute atomic E-state index is 0.217. The summed E-state index contributed by atoms with van der Waals surface area (Å²) in [6, 6.07) is 0. The number of nitrogens with one attached hydrogen (secondary N) is 1. The third-order valence-corrected chi connectivity index (χ3v) is 4.60. The van der Waals surface area contributed by atoms with Gasteiger partial charge in [-0.2, -0.15) is 0 Å². The predicted octanol–water partition coefficient (Wildman–Crippen LogP) is 2.23. The fourth-order valence-electron chi connectivity index (χ4n) is 2.20. The summed E-state index contributed by atoms with van der Waals surface area (Å²) in [7, 11) is 0. The lowest BCUT2D eigenvalue weighted by Crippen LogP contribution is -2.56. The van der Waals surface area contributed by atoms with Crippen molar-refractivity contribution < 1.29 is 14.3 Å². The molecule has 1 aromatic rings. The van der Waals surface area contributed by atoms with Crippen LogP contribution in [0.2, 0.25) is 0 Å². The number of thioether (sulfide) groups is 1. The minimum atomic E-state index is -0.851. The second-order valence-corrected chi connectivity index (χ2v) is 5.92. The normalized spacial score (nSPS) is 18.3. The predicted molar refractivity (Wildman–Crippen MR) is 73.5 cm³/mol. The molecule has 6 heteroatoms. The molecule has 1 atom stereocenters. The zero-order valence-electron chi connectivity index (χ0n) is 11.5. The smallest absolute Gasteiger partial charge is 0.325 e. The van der Waals surface area contributed by atoms with E-state index in [1.807, 2.05) is 20.8 Å². The number of aryl methyl sites for hydroxylation is 2. The zero-order valence-corrected chi connectivity index (χ0v) is 12.3. The van der Waals surface area contributed by atoms with E-state index in [1.165, 1.54) is 11.8 Å². The van der Waals surface area contributed by atoms with Gasteiger partial charge in [0.25, 0.3) is 5.22 Å². The van der Waals surface area contributed by atoms with E-state index in [0.717, 1.165) is 24.3 Å². The SMILES string of the molecule is CCNC(CSc1nc(C)c(C)o1)(C(=O)O)C1CC1. The first-order valence-electron chi connectivity index (χ1n) is 6.55. The van der Waals surface area contributed by atoms with E-state index >= 15 is 0 Å². The van der Waals surface area contributed by atoms with Gasteiger partial charge in [-0.1, -0.05) is 18.7 Å². The summed E-state index contributed by atoms with van der Waals surface area (Å²) in [4.78, 5) is 15.9. The quantitative estimate of drug-likeness (QED) is 0.748. The monoisotopic (exact) mass is 284 g/mol. The van der Waals surface area contributed by atoms with Crippen LogP contribution < -0.4 is 5.32 Å². The molecule has 1 aliphatic rings. The van der Waals surface area contributed by atoms with Crippen LogP contribution in [-0.2, 0) is 4.79 Å². The molecule has 0 bridgehead atoms. The Labute approximate surface area is 117 Å². The Morgan fingerprint density at radius 2 is 2.26 bits per heavy atom. The summed E-state index contributed by atoms with van der Waals surface area (Å²) < 4.78 is 5.50. The molecule has 106 valence electrons. The zero-order chi connectivity index (χ0) is 14.0. The second-order valence-electron chi connectivity index (χ2n) is 4.99. The van der Waals surface area contributed by atoms with Crippen molar-refractivity contribution in [2.45, 2.75) is 44.4 Å². The molecular formula is C13H20N2O3S. The minimum Gasteiger partial charge on any atom is -0.480 e. The maximum absolute atomic E-state index is 11.7. The van der Waals surface area contributed by atoms with Crippen molar-refractivity contribution in [1.82, 2.24) is 10.3 Å². The third kappa shape index (κ3) is 2.95. The Balaban J connectivity index is 2.09. The summed E-state index contributed by atoms with van der Waals surface area (Å²) >= 11 is 1.38. The van der Waals surface area contributed by atoms with Crippen LogP contribution in [0.3, 0.4) is 0 Å². The molecule has 19 heavy (non-hydrogen) atoms. The lowest BCUT2D eigenvalue weighted by atomic mass is 9.96. The Hall–Kier alpha value is -1.01. The highest BCUT2D eigenvalue weighted by molar-refractivity contribution is 7.99. The van der Waals surface area contributed by atoms with Gasteiger partial charge in [-0.3, -0.25) is 4.79 Å². The van der Waals surface area contributed by atoms with E-state index in [0.29, 0.717) is 17.5 Å². The fraction of sp³-hybridized carbons (Fsp3) is 0.692. The summed E-state index contributed by atoms with van der Waals surface area (Å²) in [5, 5.41) is 13.3. The largest absolute Gasteiger partial charge is 0.480 e. The van der Waals surface area contributed by atoms with Gasteiger partial charge in [0.1, 0.15) is 11.3 Å². The van der Waals surface area contributed by atoms with E-state index in [-0.39, 0.29) is 5.92 Å². The Kier molecular flexibility index (Phi) is 4.20.